The molecule has 0 aliphatic heterocycles. The van der Waals surface area contributed by atoms with Crippen LogP contribution in [0.25, 0.3) is 0 Å². The second kappa shape index (κ2) is 4.08. The van der Waals surface area contributed by atoms with E-state index in [9.17, 15) is 9.59 Å². The topological polar surface area (TPSA) is 57.6 Å². The van der Waals surface area contributed by atoms with Crippen molar-refractivity contribution in [3.63, 3.8) is 0 Å². The fraction of sp³-hybridized carbons (Fsp3) is 0.714. The Morgan fingerprint density at radius 1 is 1.55 bits per heavy atom. The van der Waals surface area contributed by atoms with Crippen molar-refractivity contribution in [2.45, 2.75) is 26.5 Å². The molecule has 4 heteroatoms. The summed E-state index contributed by atoms with van der Waals surface area (Å²) in [5.74, 6) is -0.546. The molecule has 0 bridgehead atoms. The molecule has 0 aromatic rings. The Bertz CT molecular complexity index is 165. The van der Waals surface area contributed by atoms with Crippen molar-refractivity contribution in [1.82, 2.24) is 4.90 Å². The predicted octanol–water partition coefficient (Wildman–Crippen LogP) is -0.238. The van der Waals surface area contributed by atoms with E-state index >= 15 is 0 Å². The van der Waals surface area contributed by atoms with Gasteiger partial charge in [0.1, 0.15) is 12.0 Å². The number of ketones is 1. The van der Waals surface area contributed by atoms with E-state index in [0.717, 1.165) is 4.90 Å². The van der Waals surface area contributed by atoms with Gasteiger partial charge < -0.3 is 10.0 Å². The number of rotatable bonds is 3. The minimum absolute atomic E-state index is 0.137. The average Bonchev–Trinajstić information content (AvgIpc) is 1.84. The highest BCUT2D eigenvalue weighted by Crippen LogP contribution is 1.95. The number of aliphatic hydroxyl groups is 1. The van der Waals surface area contributed by atoms with Crippen molar-refractivity contribution in [2.75, 3.05) is 7.05 Å². The maximum absolute atomic E-state index is 10.9. The van der Waals surface area contributed by atoms with Crippen LogP contribution < -0.4 is 0 Å². The molecule has 0 spiro atoms. The van der Waals surface area contributed by atoms with Crippen molar-refractivity contribution >= 4 is 11.7 Å². The molecule has 1 unspecified atom stereocenters. The second-order valence-electron chi connectivity index (χ2n) is 2.52. The second-order valence-corrected chi connectivity index (χ2v) is 2.52. The number of hydrogen-bond donors (Lipinski definition) is 1. The molecule has 0 aliphatic rings. The minimum atomic E-state index is -0.832. The van der Waals surface area contributed by atoms with Crippen LogP contribution in [0.4, 0.5) is 0 Å². The van der Waals surface area contributed by atoms with E-state index in [1.807, 2.05) is 0 Å². The molecule has 64 valence electrons. The molecule has 1 atom stereocenters. The van der Waals surface area contributed by atoms with Gasteiger partial charge in [-0.25, -0.2) is 0 Å². The van der Waals surface area contributed by atoms with Crippen LogP contribution in [0.2, 0.25) is 0 Å². The lowest BCUT2D eigenvalue weighted by atomic mass is 10.3. The van der Waals surface area contributed by atoms with Gasteiger partial charge in [-0.15, -0.1) is 0 Å². The van der Waals surface area contributed by atoms with Crippen LogP contribution in [0.15, 0.2) is 0 Å². The summed E-state index contributed by atoms with van der Waals surface area (Å²) in [5.41, 5.74) is 0. The van der Waals surface area contributed by atoms with E-state index in [0.29, 0.717) is 0 Å². The van der Waals surface area contributed by atoms with Gasteiger partial charge >= 0.3 is 0 Å². The zero-order chi connectivity index (χ0) is 9.02. The SMILES string of the molecule is CC(=O)CC(=O)N(C)C(C)O. The van der Waals surface area contributed by atoms with Crippen molar-refractivity contribution in [1.29, 1.82) is 0 Å². The van der Waals surface area contributed by atoms with E-state index in [2.05, 4.69) is 0 Å². The number of carbonyl (C=O) groups excluding carboxylic acids is 2. The summed E-state index contributed by atoms with van der Waals surface area (Å²) in [6.07, 6.45) is -0.969. The highest BCUT2D eigenvalue weighted by atomic mass is 16.3. The van der Waals surface area contributed by atoms with E-state index < -0.39 is 6.23 Å². The normalized spacial score (nSPS) is 12.4. The molecular formula is C7H13NO3. The Hall–Kier alpha value is -0.900. The number of carbonyl (C=O) groups is 2. The molecule has 0 saturated carbocycles. The molecule has 1 amide bonds. The van der Waals surface area contributed by atoms with Crippen LogP contribution in [-0.4, -0.2) is 35.0 Å². The summed E-state index contributed by atoms with van der Waals surface area (Å²) in [7, 11) is 1.45. The summed E-state index contributed by atoms with van der Waals surface area (Å²) in [4.78, 5) is 22.5. The first-order valence-electron chi connectivity index (χ1n) is 3.38. The molecule has 0 saturated heterocycles. The number of Topliss-reactive ketones (excluding diaryl/α,β-unsaturated/α-hetero) is 1. The van der Waals surface area contributed by atoms with Gasteiger partial charge in [0.2, 0.25) is 5.91 Å². The van der Waals surface area contributed by atoms with Gasteiger partial charge in [-0.1, -0.05) is 0 Å². The lowest BCUT2D eigenvalue weighted by Gasteiger charge is -2.19. The van der Waals surface area contributed by atoms with Gasteiger partial charge in [-0.05, 0) is 13.8 Å². The molecule has 0 aromatic heterocycles. The van der Waals surface area contributed by atoms with Crippen molar-refractivity contribution < 1.29 is 14.7 Å². The van der Waals surface area contributed by atoms with Crippen LogP contribution in [-0.2, 0) is 9.59 Å². The lowest BCUT2D eigenvalue weighted by molar-refractivity contribution is -0.140. The first-order valence-corrected chi connectivity index (χ1v) is 3.38. The van der Waals surface area contributed by atoms with E-state index in [1.54, 1.807) is 0 Å². The maximum atomic E-state index is 10.9. The molecule has 0 heterocycles. The van der Waals surface area contributed by atoms with Gasteiger partial charge in [0, 0.05) is 7.05 Å². The highest BCUT2D eigenvalue weighted by molar-refractivity contribution is 5.96. The zero-order valence-electron chi connectivity index (χ0n) is 7.00. The standard InChI is InChI=1S/C7H13NO3/c1-5(9)4-7(11)8(3)6(2)10/h6,10H,4H2,1-3H3. The quantitative estimate of drug-likeness (QED) is 0.457. The molecule has 11 heavy (non-hydrogen) atoms. The van der Waals surface area contributed by atoms with Crippen molar-refractivity contribution in [3.05, 3.63) is 0 Å². The predicted molar refractivity (Wildman–Crippen MR) is 39.7 cm³/mol. The maximum Gasteiger partial charge on any atom is 0.231 e. The minimum Gasteiger partial charge on any atom is -0.374 e. The summed E-state index contributed by atoms with van der Waals surface area (Å²) < 4.78 is 0. The van der Waals surface area contributed by atoms with Crippen LogP contribution in [0.5, 0.6) is 0 Å². The fourth-order valence-electron chi connectivity index (χ4n) is 0.546. The molecule has 0 radical (unpaired) electrons. The number of amides is 1. The van der Waals surface area contributed by atoms with Crippen molar-refractivity contribution in [2.24, 2.45) is 0 Å². The molecule has 0 rings (SSSR count). The Morgan fingerprint density at radius 2 is 2.00 bits per heavy atom. The Morgan fingerprint density at radius 3 is 2.27 bits per heavy atom. The van der Waals surface area contributed by atoms with Crippen LogP contribution in [0.1, 0.15) is 20.3 Å². The first kappa shape index (κ1) is 10.1. The Balaban J connectivity index is 3.93. The zero-order valence-corrected chi connectivity index (χ0v) is 7.00. The summed E-state index contributed by atoms with van der Waals surface area (Å²) >= 11 is 0. The number of hydrogen-bond acceptors (Lipinski definition) is 3. The third-order valence-corrected chi connectivity index (χ3v) is 1.35. The van der Waals surface area contributed by atoms with Crippen LogP contribution in [0, 0.1) is 0 Å². The average molecular weight is 159 g/mol. The Kier molecular flexibility index (Phi) is 3.74. The van der Waals surface area contributed by atoms with Gasteiger partial charge in [0.05, 0.1) is 6.42 Å². The van der Waals surface area contributed by atoms with E-state index in [4.69, 9.17) is 5.11 Å². The number of aliphatic hydroxyl groups excluding tert-OH is 1. The molecular weight excluding hydrogens is 146 g/mol. The molecule has 1 N–H and O–H groups in total. The monoisotopic (exact) mass is 159 g/mol. The molecule has 0 fully saturated rings. The summed E-state index contributed by atoms with van der Waals surface area (Å²) in [6.45, 7) is 2.81. The number of nitrogens with zero attached hydrogens (tertiary/aromatic N) is 1. The van der Waals surface area contributed by atoms with Crippen LogP contribution >= 0.6 is 0 Å². The van der Waals surface area contributed by atoms with Crippen LogP contribution in [0.3, 0.4) is 0 Å². The summed E-state index contributed by atoms with van der Waals surface area (Å²) in [6, 6.07) is 0. The third-order valence-electron chi connectivity index (χ3n) is 1.35. The van der Waals surface area contributed by atoms with Gasteiger partial charge in [0.25, 0.3) is 0 Å². The Labute approximate surface area is 65.8 Å². The fourth-order valence-corrected chi connectivity index (χ4v) is 0.546. The highest BCUT2D eigenvalue weighted by Gasteiger charge is 2.13. The first-order chi connectivity index (χ1) is 4.95. The smallest absolute Gasteiger partial charge is 0.231 e. The summed E-state index contributed by atoms with van der Waals surface area (Å²) in [5, 5.41) is 8.90. The van der Waals surface area contributed by atoms with Gasteiger partial charge in [-0.2, -0.15) is 0 Å². The third kappa shape index (κ3) is 3.72. The molecule has 0 aliphatic carbocycles. The largest absolute Gasteiger partial charge is 0.374 e. The van der Waals surface area contributed by atoms with Gasteiger partial charge in [0.15, 0.2) is 0 Å². The lowest BCUT2D eigenvalue weighted by Crippen LogP contribution is -2.35. The van der Waals surface area contributed by atoms with Gasteiger partial charge in [-0.3, -0.25) is 9.59 Å². The molecule has 4 nitrogen and oxygen atoms in total. The molecule has 0 aromatic carbocycles. The van der Waals surface area contributed by atoms with E-state index in [-0.39, 0.29) is 18.1 Å². The van der Waals surface area contributed by atoms with E-state index in [1.165, 1.54) is 20.9 Å². The van der Waals surface area contributed by atoms with Crippen molar-refractivity contribution in [3.8, 4) is 0 Å².